The summed E-state index contributed by atoms with van der Waals surface area (Å²) in [5, 5.41) is 0. The third kappa shape index (κ3) is 2040. The first-order valence-electron chi connectivity index (χ1n) is 0. The smallest absolute Gasteiger partial charge is 0.187 e. The van der Waals surface area contributed by atoms with Gasteiger partial charge < -0.3 is 126 Å². The second kappa shape index (κ2) is 2140. The van der Waals surface area contributed by atoms with E-state index in [0.717, 1.165) is 0 Å². The van der Waals surface area contributed by atoms with Gasteiger partial charge in [-0.3, -0.25) is 0 Å². The van der Waals surface area contributed by atoms with E-state index in [9.17, 15) is 0 Å². The fourth-order valence-electron chi connectivity index (χ4n) is 0. The van der Waals surface area contributed by atoms with E-state index in [1.54, 1.807) is 0 Å². The van der Waals surface area contributed by atoms with Crippen LogP contribution in [0.4, 0.5) is 0 Å². The van der Waals surface area contributed by atoms with Crippen LogP contribution in [0.15, 0.2) is 0 Å². The number of hydrogen-bond donors (Lipinski definition) is 0. The molecule has 0 saturated carbocycles. The average molecular weight is 928 g/mol. The molecule has 276 valence electrons. The Morgan fingerprint density at radius 3 is 0.108 bits per heavy atom. The number of rotatable bonds is 0. The molecule has 0 aromatic rings. The molecule has 0 rings (SSSR count). The van der Waals surface area contributed by atoms with Gasteiger partial charge in [-0.15, -0.1) is 62.0 Å². The Kier molecular flexibility index (Phi) is 133000. The Bertz CT molecular complexity index is 53.1. The van der Waals surface area contributed by atoms with E-state index in [1.165, 1.54) is 0 Å². The molecule has 0 aliphatic heterocycles. The van der Waals surface area contributed by atoms with Crippen molar-refractivity contribution in [3.05, 3.63) is 0 Å². The minimum atomic E-state index is 0. The van der Waals surface area contributed by atoms with Crippen LogP contribution in [0.3, 0.4) is 0 Å². The van der Waals surface area contributed by atoms with Gasteiger partial charge in [0.15, 0.2) is 139 Å². The number of hydrogen-bond acceptors (Lipinski definition) is 0. The molecule has 37 heavy (non-hydrogen) atoms. The van der Waals surface area contributed by atoms with Crippen molar-refractivity contribution >= 4 is 201 Å². The molecular weight excluding hydrogens is 852 g/mol. The zero-order valence-corrected chi connectivity index (χ0v) is 20.6. The molecule has 0 amide bonds. The summed E-state index contributed by atoms with van der Waals surface area (Å²) in [5.41, 5.74) is 0. The van der Waals surface area contributed by atoms with Gasteiger partial charge in [0.25, 0.3) is 0 Å². The molecule has 0 aliphatic rings. The second-order valence-electron chi connectivity index (χ2n) is 0. The van der Waals surface area contributed by atoms with Gasteiger partial charge in [-0.25, -0.2) is 0 Å². The van der Waals surface area contributed by atoms with Crippen molar-refractivity contribution < 1.29 is 152 Å². The predicted octanol–water partition coefficient (Wildman–Crippen LogP) is -26.3. The van der Waals surface area contributed by atoms with Crippen LogP contribution in [-0.2, 0) is 26.2 Å². The first-order valence-corrected chi connectivity index (χ1v) is 0. The standard InChI is InChI=1S/8Al.5ClH.23H2O.Zr.24H/h;;;;;;;;5*1H;23*1H2;;;;;;;;;;;;;;;;;;;;;;;;;. The molecule has 0 heterocycles. The van der Waals surface area contributed by atoms with E-state index in [2.05, 4.69) is 0 Å². The minimum Gasteiger partial charge on any atom is -0.412 e. The fraction of sp³-hybridized carbons (Fsp3) is 0. The van der Waals surface area contributed by atoms with Gasteiger partial charge in [-0.1, -0.05) is 0 Å². The topological polar surface area (TPSA) is 724 Å². The van der Waals surface area contributed by atoms with Gasteiger partial charge in [0, 0.05) is 26.2 Å². The minimum absolute atomic E-state index is 0. The summed E-state index contributed by atoms with van der Waals surface area (Å²) < 4.78 is 0. The molecule has 37 heteroatoms. The molecule has 0 aromatic carbocycles. The summed E-state index contributed by atoms with van der Waals surface area (Å²) in [6.07, 6.45) is 0. The Hall–Kier alpha value is 5.67. The summed E-state index contributed by atoms with van der Waals surface area (Å²) >= 11 is 0. The summed E-state index contributed by atoms with van der Waals surface area (Å²) in [5.74, 6) is 0. The molecule has 0 unspecified atom stereocenters. The molecule has 0 bridgehead atoms. The third-order valence-corrected chi connectivity index (χ3v) is 0. The first kappa shape index (κ1) is 2300. The first-order chi connectivity index (χ1) is 0. The predicted molar refractivity (Wildman–Crippen MR) is 199 cm³/mol. The average Bonchev–Trinajstić information content (AvgIpc) is 0. The maximum Gasteiger partial charge on any atom is 0.187 e. The van der Waals surface area contributed by atoms with Gasteiger partial charge in [0.1, 0.15) is 0 Å². The van der Waals surface area contributed by atoms with Gasteiger partial charge in [0.05, 0.1) is 0 Å². The second-order valence-corrected chi connectivity index (χ2v) is 0. The van der Waals surface area contributed by atoms with Crippen molar-refractivity contribution in [3.8, 4) is 0 Å². The van der Waals surface area contributed by atoms with E-state index >= 15 is 0 Å². The van der Waals surface area contributed by atoms with E-state index < -0.39 is 0 Å². The number of halogens is 5. The van der Waals surface area contributed by atoms with E-state index in [4.69, 9.17) is 0 Å². The van der Waals surface area contributed by atoms with Crippen molar-refractivity contribution in [3.63, 3.8) is 0 Å². The molecule has 0 atom stereocenters. The SMILES string of the molecule is Cl.Cl.Cl.Cl.Cl.O.O.O.O.O.O.O.O.O.O.O.O.O.O.O.O.O.O.O.O.O.O.O.[AlH3].[AlH3].[AlH3].[AlH3].[AlH3].[AlH3].[AlH3].[AlH3].[Zr]. The quantitative estimate of drug-likeness (QED) is 0.204. The van der Waals surface area contributed by atoms with Gasteiger partial charge in [-0.05, 0) is 0 Å². The molecule has 0 aromatic heterocycles. The monoisotopic (exact) mass is 924 g/mol. The van der Waals surface area contributed by atoms with Gasteiger partial charge in [0.2, 0.25) is 0 Å². The largest absolute Gasteiger partial charge is 0.412 e. The van der Waals surface area contributed by atoms with E-state index in [0.29, 0.717) is 0 Å². The fourth-order valence-corrected chi connectivity index (χ4v) is 0. The normalized spacial score (nSPS) is 0. The molecule has 0 saturated heterocycles. The van der Waals surface area contributed by atoms with E-state index in [-0.39, 0.29) is 353 Å². The third-order valence-electron chi connectivity index (χ3n) is 0. The van der Waals surface area contributed by atoms with Crippen LogP contribution in [0.1, 0.15) is 0 Å². The Morgan fingerprint density at radius 2 is 0.108 bits per heavy atom. The van der Waals surface area contributed by atoms with Crippen molar-refractivity contribution in [2.75, 3.05) is 0 Å². The maximum absolute atomic E-state index is 0. The van der Waals surface area contributed by atoms with Crippen molar-refractivity contribution in [1.29, 1.82) is 0 Å². The summed E-state index contributed by atoms with van der Waals surface area (Å²) in [7, 11) is 0. The molecule has 0 fully saturated rings. The van der Waals surface area contributed by atoms with Crippen LogP contribution in [0.2, 0.25) is 0 Å². The maximum atomic E-state index is 0. The van der Waals surface area contributed by atoms with Crippen molar-refractivity contribution in [2.24, 2.45) is 0 Å². The zero-order chi connectivity index (χ0) is 0. The van der Waals surface area contributed by atoms with Gasteiger partial charge >= 0.3 is 0 Å². The van der Waals surface area contributed by atoms with E-state index in [1.807, 2.05) is 0 Å². The Labute approximate surface area is 348 Å². The molecule has 46 N–H and O–H groups in total. The molecule has 0 spiro atoms. The Balaban J connectivity index is 0. The summed E-state index contributed by atoms with van der Waals surface area (Å²) in [4.78, 5) is 0. The van der Waals surface area contributed by atoms with Crippen molar-refractivity contribution in [1.82, 2.24) is 0 Å². The van der Waals surface area contributed by atoms with Crippen LogP contribution in [0, 0.1) is 0 Å². The zero-order valence-electron chi connectivity index (χ0n) is 14.0. The molecule has 23 nitrogen and oxygen atoms in total. The van der Waals surface area contributed by atoms with Crippen LogP contribution >= 0.6 is 62.0 Å². The summed E-state index contributed by atoms with van der Waals surface area (Å²) in [6, 6.07) is 0. The van der Waals surface area contributed by atoms with Gasteiger partial charge in [-0.2, -0.15) is 0 Å². The van der Waals surface area contributed by atoms with Crippen LogP contribution in [0.5, 0.6) is 0 Å². The van der Waals surface area contributed by atoms with Crippen molar-refractivity contribution in [2.45, 2.75) is 0 Å². The Morgan fingerprint density at radius 1 is 0.108 bits per heavy atom. The molecule has 0 aliphatic carbocycles. The molecular formula is H75Al8Cl5O23Zr. The molecule has 0 radical (unpaired) electrons. The van der Waals surface area contributed by atoms with Crippen LogP contribution < -0.4 is 0 Å². The van der Waals surface area contributed by atoms with Crippen LogP contribution in [-0.4, -0.2) is 265 Å². The summed E-state index contributed by atoms with van der Waals surface area (Å²) in [6.45, 7) is 0. The van der Waals surface area contributed by atoms with Crippen LogP contribution in [0.25, 0.3) is 0 Å².